The van der Waals surface area contributed by atoms with Crippen molar-refractivity contribution < 1.29 is 9.59 Å². The van der Waals surface area contributed by atoms with Crippen LogP contribution in [0.25, 0.3) is 0 Å². The van der Waals surface area contributed by atoms with Crippen molar-refractivity contribution in [2.24, 2.45) is 11.5 Å². The van der Waals surface area contributed by atoms with Crippen molar-refractivity contribution in [3.63, 3.8) is 0 Å². The first-order chi connectivity index (χ1) is 9.00. The van der Waals surface area contributed by atoms with E-state index >= 15 is 0 Å². The fourth-order valence-corrected chi connectivity index (χ4v) is 2.12. The molecule has 0 aromatic heterocycles. The monoisotopic (exact) mass is 282 g/mol. The van der Waals surface area contributed by atoms with Gasteiger partial charge in [0.2, 0.25) is 11.8 Å². The summed E-state index contributed by atoms with van der Waals surface area (Å²) in [6, 6.07) is 7.14. The molecule has 1 rings (SSSR count). The van der Waals surface area contributed by atoms with Gasteiger partial charge in [-0.2, -0.15) is 0 Å². The highest BCUT2D eigenvalue weighted by Gasteiger charge is 2.17. The number of rotatable bonds is 8. The van der Waals surface area contributed by atoms with Crippen LogP contribution in [0.2, 0.25) is 5.02 Å². The summed E-state index contributed by atoms with van der Waals surface area (Å²) in [5.74, 6) is -0.924. The number of amides is 2. The number of nitrogens with two attached hydrogens (primary N) is 2. The number of benzene rings is 1. The van der Waals surface area contributed by atoms with E-state index in [0.29, 0.717) is 17.9 Å². The predicted octanol–water partition coefficient (Wildman–Crippen LogP) is 2.34. The quantitative estimate of drug-likeness (QED) is 0.717. The minimum Gasteiger partial charge on any atom is -0.370 e. The van der Waals surface area contributed by atoms with Gasteiger partial charge in [0.25, 0.3) is 0 Å². The molecule has 0 spiro atoms. The zero-order valence-corrected chi connectivity index (χ0v) is 11.5. The maximum atomic E-state index is 11.5. The topological polar surface area (TPSA) is 86.2 Å². The molecule has 104 valence electrons. The summed E-state index contributed by atoms with van der Waals surface area (Å²) in [6.07, 6.45) is 3.52. The molecule has 0 radical (unpaired) electrons. The van der Waals surface area contributed by atoms with Crippen molar-refractivity contribution in [2.75, 3.05) is 0 Å². The molecule has 0 aliphatic heterocycles. The molecule has 0 bridgehead atoms. The van der Waals surface area contributed by atoms with Crippen molar-refractivity contribution in [1.29, 1.82) is 0 Å². The normalized spacial score (nSPS) is 12.1. The second-order valence-corrected chi connectivity index (χ2v) is 5.01. The Balaban J connectivity index is 2.47. The van der Waals surface area contributed by atoms with E-state index in [1.54, 1.807) is 12.1 Å². The predicted molar refractivity (Wildman–Crippen MR) is 75.7 cm³/mol. The van der Waals surface area contributed by atoms with E-state index < -0.39 is 0 Å². The van der Waals surface area contributed by atoms with Gasteiger partial charge in [-0.15, -0.1) is 0 Å². The zero-order chi connectivity index (χ0) is 14.3. The minimum absolute atomic E-state index is 0.288. The van der Waals surface area contributed by atoms with E-state index in [1.165, 1.54) is 0 Å². The summed E-state index contributed by atoms with van der Waals surface area (Å²) in [5.41, 5.74) is 11.4. The van der Waals surface area contributed by atoms with Gasteiger partial charge in [-0.3, -0.25) is 9.59 Å². The molecule has 4 nitrogen and oxygen atoms in total. The van der Waals surface area contributed by atoms with Gasteiger partial charge in [-0.25, -0.2) is 0 Å². The fourth-order valence-electron chi connectivity index (χ4n) is 1.99. The number of hydrogen-bond donors (Lipinski definition) is 2. The summed E-state index contributed by atoms with van der Waals surface area (Å²) < 4.78 is 0. The molecule has 1 atom stereocenters. The van der Waals surface area contributed by atoms with E-state index in [9.17, 15) is 9.59 Å². The van der Waals surface area contributed by atoms with Crippen molar-refractivity contribution in [2.45, 2.75) is 38.0 Å². The number of carbonyl (C=O) groups is 2. The molecule has 1 aromatic carbocycles. The molecular formula is C14H19ClN2O2. The minimum atomic E-state index is -0.336. The molecule has 4 N–H and O–H groups in total. The molecule has 0 saturated heterocycles. The van der Waals surface area contributed by atoms with Crippen molar-refractivity contribution >= 4 is 23.4 Å². The van der Waals surface area contributed by atoms with E-state index in [4.69, 9.17) is 23.1 Å². The van der Waals surface area contributed by atoms with E-state index in [-0.39, 0.29) is 17.7 Å². The third-order valence-corrected chi connectivity index (χ3v) is 3.28. The first kappa shape index (κ1) is 15.5. The maximum Gasteiger partial charge on any atom is 0.224 e. The maximum absolute atomic E-state index is 11.5. The van der Waals surface area contributed by atoms with Gasteiger partial charge in [0.1, 0.15) is 0 Å². The Morgan fingerprint density at radius 3 is 2.21 bits per heavy atom. The van der Waals surface area contributed by atoms with Gasteiger partial charge >= 0.3 is 0 Å². The molecule has 1 unspecified atom stereocenters. The van der Waals surface area contributed by atoms with Crippen LogP contribution in [-0.2, 0) is 9.59 Å². The van der Waals surface area contributed by atoms with E-state index in [2.05, 4.69) is 0 Å². The Kier molecular flexibility index (Phi) is 6.36. The Morgan fingerprint density at radius 1 is 1.05 bits per heavy atom. The Labute approximate surface area is 118 Å². The lowest BCUT2D eigenvalue weighted by molar-refractivity contribution is -0.120. The highest BCUT2D eigenvalue weighted by molar-refractivity contribution is 6.30. The molecular weight excluding hydrogens is 264 g/mol. The molecule has 0 aliphatic carbocycles. The average Bonchev–Trinajstić information content (AvgIpc) is 2.34. The molecule has 2 amide bonds. The van der Waals surface area contributed by atoms with Crippen LogP contribution < -0.4 is 11.5 Å². The Hall–Kier alpha value is -1.55. The van der Waals surface area contributed by atoms with Gasteiger partial charge in [-0.05, 0) is 30.5 Å². The molecule has 19 heavy (non-hydrogen) atoms. The van der Waals surface area contributed by atoms with Crippen LogP contribution in [0.1, 0.15) is 43.6 Å². The lowest BCUT2D eigenvalue weighted by Crippen LogP contribution is -2.21. The average molecular weight is 283 g/mol. The molecule has 5 heteroatoms. The summed E-state index contributed by atoms with van der Waals surface area (Å²) in [4.78, 5) is 22.1. The Bertz CT molecular complexity index is 432. The summed E-state index contributed by atoms with van der Waals surface area (Å²) in [5, 5.41) is 0.633. The van der Waals surface area contributed by atoms with Crippen molar-refractivity contribution in [1.82, 2.24) is 0 Å². The Morgan fingerprint density at radius 2 is 1.68 bits per heavy atom. The third-order valence-electron chi connectivity index (χ3n) is 3.03. The van der Waals surface area contributed by atoms with Crippen LogP contribution in [0.15, 0.2) is 24.3 Å². The fraction of sp³-hybridized carbons (Fsp3) is 0.429. The van der Waals surface area contributed by atoms with Crippen LogP contribution >= 0.6 is 11.6 Å². The molecule has 0 aliphatic rings. The lowest BCUT2D eigenvalue weighted by Gasteiger charge is -2.13. The lowest BCUT2D eigenvalue weighted by atomic mass is 9.92. The second kappa shape index (κ2) is 7.79. The van der Waals surface area contributed by atoms with Gasteiger partial charge in [0.15, 0.2) is 0 Å². The molecule has 1 aromatic rings. The third kappa shape index (κ3) is 5.75. The van der Waals surface area contributed by atoms with E-state index in [0.717, 1.165) is 24.8 Å². The molecule has 0 fully saturated rings. The number of halogens is 1. The van der Waals surface area contributed by atoms with Crippen LogP contribution in [0.4, 0.5) is 0 Å². The zero-order valence-electron chi connectivity index (χ0n) is 10.8. The standard InChI is InChI=1S/C14H19ClN2O2/c15-11-8-6-10(7-9-11)12(14(17)19)4-2-1-3-5-13(16)18/h6-9,12H,1-5H2,(H2,16,18)(H2,17,19). The largest absolute Gasteiger partial charge is 0.370 e. The van der Waals surface area contributed by atoms with Crippen LogP contribution in [0, 0.1) is 0 Å². The number of hydrogen-bond acceptors (Lipinski definition) is 2. The first-order valence-electron chi connectivity index (χ1n) is 6.34. The second-order valence-electron chi connectivity index (χ2n) is 4.57. The summed E-state index contributed by atoms with van der Waals surface area (Å²) >= 11 is 5.81. The van der Waals surface area contributed by atoms with Crippen molar-refractivity contribution in [3.8, 4) is 0 Å². The van der Waals surface area contributed by atoms with Crippen LogP contribution in [0.3, 0.4) is 0 Å². The molecule has 0 saturated carbocycles. The van der Waals surface area contributed by atoms with Gasteiger partial charge in [-0.1, -0.05) is 36.6 Å². The highest BCUT2D eigenvalue weighted by atomic mass is 35.5. The van der Waals surface area contributed by atoms with Crippen LogP contribution in [-0.4, -0.2) is 11.8 Å². The summed E-state index contributed by atoms with van der Waals surface area (Å²) in [7, 11) is 0. The summed E-state index contributed by atoms with van der Waals surface area (Å²) in [6.45, 7) is 0. The van der Waals surface area contributed by atoms with Crippen molar-refractivity contribution in [3.05, 3.63) is 34.9 Å². The van der Waals surface area contributed by atoms with Crippen LogP contribution in [0.5, 0.6) is 0 Å². The number of carbonyl (C=O) groups excluding carboxylic acids is 2. The number of primary amides is 2. The van der Waals surface area contributed by atoms with Gasteiger partial charge < -0.3 is 11.5 Å². The highest BCUT2D eigenvalue weighted by Crippen LogP contribution is 2.24. The van der Waals surface area contributed by atoms with Gasteiger partial charge in [0, 0.05) is 11.4 Å². The SMILES string of the molecule is NC(=O)CCCCCC(C(N)=O)c1ccc(Cl)cc1. The smallest absolute Gasteiger partial charge is 0.224 e. The first-order valence-corrected chi connectivity index (χ1v) is 6.71. The van der Waals surface area contributed by atoms with Gasteiger partial charge in [0.05, 0.1) is 5.92 Å². The van der Waals surface area contributed by atoms with E-state index in [1.807, 2.05) is 12.1 Å². The molecule has 0 heterocycles. The number of unbranched alkanes of at least 4 members (excludes halogenated alkanes) is 2.